The summed E-state index contributed by atoms with van der Waals surface area (Å²) in [5, 5.41) is 11.1. The molecule has 0 saturated heterocycles. The number of benzene rings is 2. The molecule has 10 nitrogen and oxygen atoms in total. The summed E-state index contributed by atoms with van der Waals surface area (Å²) in [6, 6.07) is 7.99. The first-order valence-corrected chi connectivity index (χ1v) is 10.5. The Bertz CT molecular complexity index is 1080. The zero-order chi connectivity index (χ0) is 21.9. The minimum Gasteiger partial charge on any atom is -0.486 e. The zero-order valence-corrected chi connectivity index (χ0v) is 17.2. The lowest BCUT2D eigenvalue weighted by molar-refractivity contribution is -0.385. The van der Waals surface area contributed by atoms with Crippen LogP contribution in [0.2, 0.25) is 0 Å². The van der Waals surface area contributed by atoms with Gasteiger partial charge in [0.25, 0.3) is 15.7 Å². The fraction of sp³-hybridized carbons (Fsp3) is 0.316. The van der Waals surface area contributed by atoms with E-state index in [4.69, 9.17) is 14.2 Å². The van der Waals surface area contributed by atoms with E-state index in [9.17, 15) is 23.3 Å². The van der Waals surface area contributed by atoms with E-state index in [2.05, 4.69) is 0 Å². The van der Waals surface area contributed by atoms with Gasteiger partial charge in [-0.3, -0.25) is 19.2 Å². The SMILES string of the molecule is CCOC(=O)CN(c1ccc2c(c1)OCCO2)S(=O)(=O)c1cc([N+](=O)[O-])ccc1C. The fourth-order valence-corrected chi connectivity index (χ4v) is 4.57. The number of non-ortho nitro benzene ring substituents is 1. The average molecular weight is 436 g/mol. The van der Waals surface area contributed by atoms with Gasteiger partial charge in [0.2, 0.25) is 0 Å². The number of carbonyl (C=O) groups is 1. The summed E-state index contributed by atoms with van der Waals surface area (Å²) >= 11 is 0. The number of carbonyl (C=O) groups excluding carboxylic acids is 1. The number of hydrogen-bond acceptors (Lipinski definition) is 8. The number of hydrogen-bond donors (Lipinski definition) is 0. The van der Waals surface area contributed by atoms with Gasteiger partial charge in [-0.2, -0.15) is 0 Å². The van der Waals surface area contributed by atoms with Crippen LogP contribution in [-0.4, -0.2) is 45.7 Å². The lowest BCUT2D eigenvalue weighted by Gasteiger charge is -2.26. The highest BCUT2D eigenvalue weighted by Gasteiger charge is 2.31. The van der Waals surface area contributed by atoms with Gasteiger partial charge >= 0.3 is 5.97 Å². The number of nitro groups is 1. The molecule has 0 aromatic heterocycles. The molecule has 30 heavy (non-hydrogen) atoms. The largest absolute Gasteiger partial charge is 0.486 e. The van der Waals surface area contributed by atoms with E-state index < -0.39 is 27.5 Å². The third-order valence-electron chi connectivity index (χ3n) is 4.34. The van der Waals surface area contributed by atoms with Crippen molar-refractivity contribution in [1.29, 1.82) is 0 Å². The van der Waals surface area contributed by atoms with Crippen LogP contribution in [0.3, 0.4) is 0 Å². The summed E-state index contributed by atoms with van der Waals surface area (Å²) < 4.78 is 43.6. The summed E-state index contributed by atoms with van der Waals surface area (Å²) in [5.74, 6) is 0.0163. The minimum atomic E-state index is -4.35. The standard InChI is InChI=1S/C19H20N2O8S/c1-3-27-19(22)12-20(14-6-7-16-17(10-14)29-9-8-28-16)30(25,26)18-11-15(21(23)24)5-4-13(18)2/h4-7,10-11H,3,8-9,12H2,1-2H3. The van der Waals surface area contributed by atoms with Crippen molar-refractivity contribution >= 4 is 27.4 Å². The van der Waals surface area contributed by atoms with Gasteiger partial charge in [-0.25, -0.2) is 8.42 Å². The molecule has 0 unspecified atom stereocenters. The predicted molar refractivity (Wildman–Crippen MR) is 106 cm³/mol. The van der Waals surface area contributed by atoms with Crippen molar-refractivity contribution < 1.29 is 32.3 Å². The number of fused-ring (bicyclic) bond motifs is 1. The van der Waals surface area contributed by atoms with Gasteiger partial charge in [-0.15, -0.1) is 0 Å². The summed E-state index contributed by atoms with van der Waals surface area (Å²) in [6.07, 6.45) is 0. The van der Waals surface area contributed by atoms with E-state index in [1.165, 1.54) is 37.3 Å². The highest BCUT2D eigenvalue weighted by Crippen LogP contribution is 2.36. The van der Waals surface area contributed by atoms with Gasteiger partial charge in [0.15, 0.2) is 11.5 Å². The van der Waals surface area contributed by atoms with E-state index in [0.29, 0.717) is 30.3 Å². The topological polar surface area (TPSA) is 125 Å². The van der Waals surface area contributed by atoms with Gasteiger partial charge in [0, 0.05) is 18.2 Å². The summed E-state index contributed by atoms with van der Waals surface area (Å²) in [7, 11) is -4.35. The van der Waals surface area contributed by atoms with Crippen LogP contribution in [0, 0.1) is 17.0 Å². The van der Waals surface area contributed by atoms with Crippen LogP contribution in [0.25, 0.3) is 0 Å². The Kier molecular flexibility index (Phi) is 6.11. The van der Waals surface area contributed by atoms with Crippen molar-refractivity contribution in [1.82, 2.24) is 0 Å². The van der Waals surface area contributed by atoms with E-state index in [1.54, 1.807) is 6.92 Å². The number of rotatable bonds is 7. The second-order valence-corrected chi connectivity index (χ2v) is 8.18. The quantitative estimate of drug-likeness (QED) is 0.368. The Balaban J connectivity index is 2.11. The van der Waals surface area contributed by atoms with Gasteiger partial charge < -0.3 is 14.2 Å². The molecule has 0 N–H and O–H groups in total. The lowest BCUT2D eigenvalue weighted by atomic mass is 10.2. The Morgan fingerprint density at radius 2 is 1.87 bits per heavy atom. The average Bonchev–Trinajstić information content (AvgIpc) is 2.71. The molecule has 0 atom stereocenters. The lowest BCUT2D eigenvalue weighted by Crippen LogP contribution is -2.37. The maximum atomic E-state index is 13.5. The van der Waals surface area contributed by atoms with Crippen LogP contribution in [0.5, 0.6) is 11.5 Å². The zero-order valence-electron chi connectivity index (χ0n) is 16.4. The smallest absolute Gasteiger partial charge is 0.326 e. The van der Waals surface area contributed by atoms with Crippen LogP contribution >= 0.6 is 0 Å². The first-order chi connectivity index (χ1) is 14.2. The number of aryl methyl sites for hydroxylation is 1. The molecule has 1 heterocycles. The summed E-state index contributed by atoms with van der Waals surface area (Å²) in [5.41, 5.74) is 0.0580. The normalized spacial score (nSPS) is 12.9. The third-order valence-corrected chi connectivity index (χ3v) is 6.26. The highest BCUT2D eigenvalue weighted by molar-refractivity contribution is 7.93. The third kappa shape index (κ3) is 4.30. The second-order valence-electron chi connectivity index (χ2n) is 6.35. The molecule has 160 valence electrons. The highest BCUT2D eigenvalue weighted by atomic mass is 32.2. The van der Waals surface area contributed by atoms with Gasteiger partial charge in [0.1, 0.15) is 19.8 Å². The molecule has 2 aromatic rings. The first-order valence-electron chi connectivity index (χ1n) is 9.07. The van der Waals surface area contributed by atoms with Crippen LogP contribution < -0.4 is 13.8 Å². The van der Waals surface area contributed by atoms with Crippen molar-refractivity contribution in [3.05, 3.63) is 52.1 Å². The van der Waals surface area contributed by atoms with Crippen molar-refractivity contribution in [2.24, 2.45) is 0 Å². The molecule has 1 aliphatic rings. The number of esters is 1. The van der Waals surface area contributed by atoms with E-state index in [1.807, 2.05) is 0 Å². The Morgan fingerprint density at radius 3 is 2.53 bits per heavy atom. The van der Waals surface area contributed by atoms with Crippen molar-refractivity contribution in [2.75, 3.05) is 30.7 Å². The molecule has 0 amide bonds. The number of nitrogens with zero attached hydrogens (tertiary/aromatic N) is 2. The first kappa shape index (κ1) is 21.4. The van der Waals surface area contributed by atoms with Gasteiger partial charge in [-0.05, 0) is 31.5 Å². The fourth-order valence-electron chi connectivity index (χ4n) is 2.93. The van der Waals surface area contributed by atoms with Crippen molar-refractivity contribution in [3.8, 4) is 11.5 Å². The Morgan fingerprint density at radius 1 is 1.17 bits per heavy atom. The number of sulfonamides is 1. The van der Waals surface area contributed by atoms with Gasteiger partial charge in [-0.1, -0.05) is 6.07 Å². The monoisotopic (exact) mass is 436 g/mol. The second kappa shape index (κ2) is 8.57. The van der Waals surface area contributed by atoms with Crippen molar-refractivity contribution in [3.63, 3.8) is 0 Å². The van der Waals surface area contributed by atoms with Gasteiger partial charge in [0.05, 0.1) is 22.1 Å². The molecule has 3 rings (SSSR count). The predicted octanol–water partition coefficient (Wildman–Crippen LogP) is 2.43. The molecule has 1 aliphatic heterocycles. The van der Waals surface area contributed by atoms with Crippen LogP contribution in [0.4, 0.5) is 11.4 Å². The number of anilines is 1. The maximum Gasteiger partial charge on any atom is 0.326 e. The molecule has 0 radical (unpaired) electrons. The molecule has 0 bridgehead atoms. The van der Waals surface area contributed by atoms with Crippen LogP contribution in [0.1, 0.15) is 12.5 Å². The Hall–Kier alpha value is -3.34. The van der Waals surface area contributed by atoms with E-state index in [0.717, 1.165) is 10.4 Å². The molecule has 0 aliphatic carbocycles. The number of nitro benzene ring substituents is 1. The maximum absolute atomic E-state index is 13.5. The molecule has 2 aromatic carbocycles. The molecule has 0 fully saturated rings. The summed E-state index contributed by atoms with van der Waals surface area (Å²) in [6.45, 7) is 3.24. The number of ether oxygens (including phenoxy) is 3. The van der Waals surface area contributed by atoms with E-state index in [-0.39, 0.29) is 22.9 Å². The van der Waals surface area contributed by atoms with E-state index >= 15 is 0 Å². The van der Waals surface area contributed by atoms with Crippen molar-refractivity contribution in [2.45, 2.75) is 18.7 Å². The molecule has 0 saturated carbocycles. The molecule has 11 heteroatoms. The Labute approximate surface area is 173 Å². The molecular formula is C19H20N2O8S. The minimum absolute atomic E-state index is 0.0731. The van der Waals surface area contributed by atoms with Crippen LogP contribution in [0.15, 0.2) is 41.3 Å². The van der Waals surface area contributed by atoms with Crippen LogP contribution in [-0.2, 0) is 19.6 Å². The summed E-state index contributed by atoms with van der Waals surface area (Å²) in [4.78, 5) is 22.3. The molecule has 0 spiro atoms. The molecular weight excluding hydrogens is 416 g/mol.